The van der Waals surface area contributed by atoms with Crippen LogP contribution in [-0.4, -0.2) is 26.8 Å². The first-order valence-electron chi connectivity index (χ1n) is 7.55. The smallest absolute Gasteiger partial charge is 0.319 e. The minimum absolute atomic E-state index is 0.257. The molecule has 0 aliphatic carbocycles. The summed E-state index contributed by atoms with van der Waals surface area (Å²) in [7, 11) is 3.22. The summed E-state index contributed by atoms with van der Waals surface area (Å²) in [6.07, 6.45) is 0.744. The van der Waals surface area contributed by atoms with Crippen molar-refractivity contribution in [3.63, 3.8) is 0 Å². The molecule has 128 valence electrons. The van der Waals surface area contributed by atoms with Crippen molar-refractivity contribution in [1.29, 1.82) is 0 Å². The van der Waals surface area contributed by atoms with E-state index in [2.05, 4.69) is 26.6 Å². The van der Waals surface area contributed by atoms with Crippen molar-refractivity contribution in [2.75, 3.05) is 26.1 Å². The van der Waals surface area contributed by atoms with Crippen LogP contribution in [0.5, 0.6) is 11.5 Å². The van der Waals surface area contributed by atoms with Gasteiger partial charge in [-0.2, -0.15) is 0 Å². The van der Waals surface area contributed by atoms with Crippen molar-refractivity contribution >= 4 is 27.6 Å². The summed E-state index contributed by atoms with van der Waals surface area (Å²) < 4.78 is 11.3. The van der Waals surface area contributed by atoms with Crippen LogP contribution in [0.3, 0.4) is 0 Å². The van der Waals surface area contributed by atoms with Crippen molar-refractivity contribution < 1.29 is 14.3 Å². The molecule has 5 nitrogen and oxygen atoms in total. The standard InChI is InChI=1S/C18H21BrN2O3/c1-12-10-14(19)11-16(24-3)17(12)21-18(22)20-9-8-13-4-6-15(23-2)7-5-13/h4-7,10-11H,8-9H2,1-3H3,(H2,20,21,22). The number of rotatable bonds is 6. The summed E-state index contributed by atoms with van der Waals surface area (Å²) in [5.74, 6) is 1.44. The van der Waals surface area contributed by atoms with Gasteiger partial charge in [-0.1, -0.05) is 28.1 Å². The second-order valence-electron chi connectivity index (χ2n) is 5.28. The molecular formula is C18H21BrN2O3. The highest BCUT2D eigenvalue weighted by molar-refractivity contribution is 9.10. The quantitative estimate of drug-likeness (QED) is 0.776. The maximum Gasteiger partial charge on any atom is 0.319 e. The zero-order valence-electron chi connectivity index (χ0n) is 14.0. The second-order valence-corrected chi connectivity index (χ2v) is 6.19. The largest absolute Gasteiger partial charge is 0.497 e. The van der Waals surface area contributed by atoms with Gasteiger partial charge in [0.25, 0.3) is 0 Å². The van der Waals surface area contributed by atoms with Crippen LogP contribution >= 0.6 is 15.9 Å². The Hall–Kier alpha value is -2.21. The van der Waals surface area contributed by atoms with Crippen LogP contribution in [0.2, 0.25) is 0 Å². The third-order valence-electron chi connectivity index (χ3n) is 3.58. The molecule has 0 aromatic heterocycles. The minimum Gasteiger partial charge on any atom is -0.497 e. The van der Waals surface area contributed by atoms with Gasteiger partial charge in [-0.3, -0.25) is 0 Å². The summed E-state index contributed by atoms with van der Waals surface area (Å²) in [6.45, 7) is 2.45. The van der Waals surface area contributed by atoms with Crippen molar-refractivity contribution in [1.82, 2.24) is 5.32 Å². The van der Waals surface area contributed by atoms with Gasteiger partial charge in [-0.15, -0.1) is 0 Å². The zero-order chi connectivity index (χ0) is 17.5. The monoisotopic (exact) mass is 392 g/mol. The number of nitrogens with one attached hydrogen (secondary N) is 2. The van der Waals surface area contributed by atoms with Gasteiger partial charge in [0.15, 0.2) is 0 Å². The van der Waals surface area contributed by atoms with E-state index >= 15 is 0 Å². The number of halogens is 1. The molecule has 0 aliphatic rings. The van der Waals surface area contributed by atoms with E-state index in [1.165, 1.54) is 0 Å². The number of carbonyl (C=O) groups is 1. The topological polar surface area (TPSA) is 59.6 Å². The Labute approximate surface area is 150 Å². The molecule has 0 unspecified atom stereocenters. The van der Waals surface area contributed by atoms with Crippen LogP contribution in [0.4, 0.5) is 10.5 Å². The molecule has 0 spiro atoms. The van der Waals surface area contributed by atoms with Gasteiger partial charge in [-0.25, -0.2) is 4.79 Å². The number of aryl methyl sites for hydroxylation is 1. The van der Waals surface area contributed by atoms with E-state index in [0.717, 1.165) is 27.8 Å². The van der Waals surface area contributed by atoms with Crippen LogP contribution in [0.25, 0.3) is 0 Å². The lowest BCUT2D eigenvalue weighted by Gasteiger charge is -2.14. The van der Waals surface area contributed by atoms with Crippen LogP contribution in [0.15, 0.2) is 40.9 Å². The van der Waals surface area contributed by atoms with Gasteiger partial charge in [0.2, 0.25) is 0 Å². The molecule has 0 fully saturated rings. The first kappa shape index (κ1) is 18.1. The van der Waals surface area contributed by atoms with E-state index in [1.807, 2.05) is 43.3 Å². The number of urea groups is 1. The predicted molar refractivity (Wildman–Crippen MR) is 99.2 cm³/mol. The molecular weight excluding hydrogens is 372 g/mol. The summed E-state index contributed by atoms with van der Waals surface area (Å²) in [6, 6.07) is 11.3. The van der Waals surface area contributed by atoms with E-state index in [1.54, 1.807) is 14.2 Å². The molecule has 2 amide bonds. The third kappa shape index (κ3) is 4.89. The Morgan fingerprint density at radius 3 is 2.46 bits per heavy atom. The third-order valence-corrected chi connectivity index (χ3v) is 4.04. The molecule has 24 heavy (non-hydrogen) atoms. The average molecular weight is 393 g/mol. The maximum atomic E-state index is 12.1. The Bertz CT molecular complexity index is 702. The SMILES string of the molecule is COc1ccc(CCNC(=O)Nc2c(C)cc(Br)cc2OC)cc1. The Kier molecular flexibility index (Phi) is 6.49. The van der Waals surface area contributed by atoms with Crippen molar-refractivity contribution in [3.8, 4) is 11.5 Å². The number of amides is 2. The summed E-state index contributed by atoms with van der Waals surface area (Å²) in [4.78, 5) is 12.1. The number of methoxy groups -OCH3 is 2. The average Bonchev–Trinajstić information content (AvgIpc) is 2.57. The Morgan fingerprint density at radius 2 is 1.83 bits per heavy atom. The molecule has 0 aliphatic heterocycles. The highest BCUT2D eigenvalue weighted by Crippen LogP contribution is 2.31. The Balaban J connectivity index is 1.89. The summed E-state index contributed by atoms with van der Waals surface area (Å²) in [5, 5.41) is 5.70. The van der Waals surface area contributed by atoms with Gasteiger partial charge in [-0.05, 0) is 48.7 Å². The first-order chi connectivity index (χ1) is 11.5. The molecule has 0 heterocycles. The van der Waals surface area contributed by atoms with Gasteiger partial charge < -0.3 is 20.1 Å². The molecule has 2 aromatic rings. The molecule has 2 N–H and O–H groups in total. The van der Waals surface area contributed by atoms with E-state index in [4.69, 9.17) is 9.47 Å². The van der Waals surface area contributed by atoms with E-state index in [0.29, 0.717) is 18.0 Å². The van der Waals surface area contributed by atoms with Crippen LogP contribution < -0.4 is 20.1 Å². The Morgan fingerprint density at radius 1 is 1.12 bits per heavy atom. The molecule has 2 rings (SSSR count). The molecule has 0 saturated carbocycles. The maximum absolute atomic E-state index is 12.1. The van der Waals surface area contributed by atoms with E-state index < -0.39 is 0 Å². The number of ether oxygens (including phenoxy) is 2. The van der Waals surface area contributed by atoms with Crippen LogP contribution in [0, 0.1) is 6.92 Å². The second kappa shape index (κ2) is 8.59. The number of carbonyl (C=O) groups excluding carboxylic acids is 1. The highest BCUT2D eigenvalue weighted by atomic mass is 79.9. The summed E-state index contributed by atoms with van der Waals surface area (Å²) >= 11 is 3.41. The number of hydrogen-bond acceptors (Lipinski definition) is 3. The zero-order valence-corrected chi connectivity index (χ0v) is 15.6. The van der Waals surface area contributed by atoms with Crippen molar-refractivity contribution in [2.24, 2.45) is 0 Å². The molecule has 0 radical (unpaired) electrons. The van der Waals surface area contributed by atoms with Gasteiger partial charge in [0.1, 0.15) is 11.5 Å². The lowest BCUT2D eigenvalue weighted by atomic mass is 10.1. The number of hydrogen-bond donors (Lipinski definition) is 2. The number of anilines is 1. The van der Waals surface area contributed by atoms with Crippen molar-refractivity contribution in [3.05, 3.63) is 52.0 Å². The lowest BCUT2D eigenvalue weighted by molar-refractivity contribution is 0.252. The molecule has 0 saturated heterocycles. The van der Waals surface area contributed by atoms with E-state index in [9.17, 15) is 4.79 Å². The fraction of sp³-hybridized carbons (Fsp3) is 0.278. The van der Waals surface area contributed by atoms with Crippen molar-refractivity contribution in [2.45, 2.75) is 13.3 Å². The molecule has 6 heteroatoms. The fourth-order valence-corrected chi connectivity index (χ4v) is 2.86. The predicted octanol–water partition coefficient (Wildman–Crippen LogP) is 4.14. The van der Waals surface area contributed by atoms with Gasteiger partial charge in [0, 0.05) is 11.0 Å². The molecule has 0 atom stereocenters. The minimum atomic E-state index is -0.257. The molecule has 2 aromatic carbocycles. The van der Waals surface area contributed by atoms with Gasteiger partial charge >= 0.3 is 6.03 Å². The van der Waals surface area contributed by atoms with Gasteiger partial charge in [0.05, 0.1) is 19.9 Å². The number of benzene rings is 2. The molecule has 0 bridgehead atoms. The van der Waals surface area contributed by atoms with Crippen LogP contribution in [0.1, 0.15) is 11.1 Å². The normalized spacial score (nSPS) is 10.2. The highest BCUT2D eigenvalue weighted by Gasteiger charge is 2.11. The first-order valence-corrected chi connectivity index (χ1v) is 8.34. The lowest BCUT2D eigenvalue weighted by Crippen LogP contribution is -2.30. The van der Waals surface area contributed by atoms with E-state index in [-0.39, 0.29) is 6.03 Å². The summed E-state index contributed by atoms with van der Waals surface area (Å²) in [5.41, 5.74) is 2.72. The fourth-order valence-electron chi connectivity index (χ4n) is 2.30. The van der Waals surface area contributed by atoms with Crippen LogP contribution in [-0.2, 0) is 6.42 Å².